The summed E-state index contributed by atoms with van der Waals surface area (Å²) in [4.78, 5) is 15.4. The second-order valence-electron chi connectivity index (χ2n) is 9.04. The van der Waals surface area contributed by atoms with Crippen LogP contribution in [0.1, 0.15) is 31.4 Å². The highest BCUT2D eigenvalue weighted by Crippen LogP contribution is 2.21. The molecule has 2 aromatic carbocycles. The molecule has 0 atom stereocenters. The summed E-state index contributed by atoms with van der Waals surface area (Å²) in [5.41, 5.74) is 3.06. The van der Waals surface area contributed by atoms with Gasteiger partial charge in [-0.1, -0.05) is 43.7 Å². The van der Waals surface area contributed by atoms with E-state index in [9.17, 15) is 4.79 Å². The van der Waals surface area contributed by atoms with Gasteiger partial charge in [0.25, 0.3) is 5.56 Å². The zero-order valence-corrected chi connectivity index (χ0v) is 20.7. The van der Waals surface area contributed by atoms with Crippen LogP contribution in [0.2, 0.25) is 0 Å². The second-order valence-corrected chi connectivity index (χ2v) is 9.41. The number of aryl methyl sites for hydroxylation is 2. The molecule has 0 radical (unpaired) electrons. The average molecular weight is 466 g/mol. The van der Waals surface area contributed by atoms with Gasteiger partial charge in [0.15, 0.2) is 0 Å². The van der Waals surface area contributed by atoms with Crippen LogP contribution in [-0.4, -0.2) is 37.8 Å². The highest BCUT2D eigenvalue weighted by atomic mass is 32.1. The Morgan fingerprint density at radius 3 is 2.67 bits per heavy atom. The van der Waals surface area contributed by atoms with E-state index >= 15 is 0 Å². The fourth-order valence-corrected chi connectivity index (χ4v) is 4.43. The van der Waals surface area contributed by atoms with Crippen molar-refractivity contribution in [3.63, 3.8) is 0 Å². The van der Waals surface area contributed by atoms with Crippen LogP contribution in [0.15, 0.2) is 47.3 Å². The van der Waals surface area contributed by atoms with Crippen LogP contribution < -0.4 is 10.3 Å². The Balaban J connectivity index is 1.76. The molecule has 174 valence electrons. The first-order chi connectivity index (χ1) is 15.8. The average Bonchev–Trinajstić information content (AvgIpc) is 3.09. The molecule has 4 rings (SSSR count). The fourth-order valence-electron chi connectivity index (χ4n) is 4.15. The lowest BCUT2D eigenvalue weighted by Crippen LogP contribution is -2.24. The van der Waals surface area contributed by atoms with Gasteiger partial charge in [0, 0.05) is 18.7 Å². The normalized spacial score (nSPS) is 11.8. The maximum absolute atomic E-state index is 13.3. The van der Waals surface area contributed by atoms with Crippen molar-refractivity contribution in [3.8, 4) is 5.75 Å². The summed E-state index contributed by atoms with van der Waals surface area (Å²) in [7, 11) is 3.71. The van der Waals surface area contributed by atoms with E-state index in [1.807, 2.05) is 47.8 Å². The number of hydrogen-bond acceptors (Lipinski definition) is 5. The van der Waals surface area contributed by atoms with Crippen LogP contribution in [0, 0.1) is 17.6 Å². The van der Waals surface area contributed by atoms with E-state index in [4.69, 9.17) is 22.1 Å². The van der Waals surface area contributed by atoms with Gasteiger partial charge in [-0.05, 0) is 56.7 Å². The molecule has 0 spiro atoms. The van der Waals surface area contributed by atoms with Crippen LogP contribution in [0.3, 0.4) is 0 Å². The monoisotopic (exact) mass is 465 g/mol. The van der Waals surface area contributed by atoms with Crippen molar-refractivity contribution in [2.24, 2.45) is 5.92 Å². The third-order valence-electron chi connectivity index (χ3n) is 5.87. The molecule has 7 nitrogen and oxygen atoms in total. The van der Waals surface area contributed by atoms with Gasteiger partial charge in [-0.2, -0.15) is 0 Å². The van der Waals surface area contributed by atoms with Gasteiger partial charge in [-0.3, -0.25) is 18.7 Å². The molecular formula is C25H31N5O2S. The Morgan fingerprint density at radius 2 is 1.94 bits per heavy atom. The summed E-state index contributed by atoms with van der Waals surface area (Å²) in [5.74, 6) is 1.93. The van der Waals surface area contributed by atoms with E-state index < -0.39 is 0 Å². The van der Waals surface area contributed by atoms with Crippen molar-refractivity contribution in [2.75, 3.05) is 14.2 Å². The molecule has 0 saturated heterocycles. The summed E-state index contributed by atoms with van der Waals surface area (Å²) < 4.78 is 11.6. The number of fused-ring (bicyclic) bond motifs is 3. The highest BCUT2D eigenvalue weighted by molar-refractivity contribution is 7.71. The zero-order valence-electron chi connectivity index (χ0n) is 19.9. The second kappa shape index (κ2) is 9.49. The largest absolute Gasteiger partial charge is 0.496 e. The molecule has 0 amide bonds. The molecule has 0 saturated carbocycles. The number of hydrogen-bond donors (Lipinski definition) is 0. The Kier molecular flexibility index (Phi) is 6.67. The first kappa shape index (κ1) is 23.2. The molecule has 8 heteroatoms. The van der Waals surface area contributed by atoms with Gasteiger partial charge in [0.2, 0.25) is 10.5 Å². The molecule has 0 N–H and O–H groups in total. The van der Waals surface area contributed by atoms with E-state index in [2.05, 4.69) is 31.7 Å². The zero-order chi connectivity index (χ0) is 23.7. The van der Waals surface area contributed by atoms with Crippen molar-refractivity contribution in [1.29, 1.82) is 0 Å². The molecule has 33 heavy (non-hydrogen) atoms. The molecule has 0 aliphatic carbocycles. The first-order valence-electron chi connectivity index (χ1n) is 11.2. The number of nitrogens with zero attached hydrogens (tertiary/aromatic N) is 5. The van der Waals surface area contributed by atoms with Crippen LogP contribution in [0.5, 0.6) is 5.75 Å². The quantitative estimate of drug-likeness (QED) is 0.355. The minimum absolute atomic E-state index is 0.0243. The predicted octanol–water partition coefficient (Wildman–Crippen LogP) is 4.63. The Morgan fingerprint density at radius 1 is 1.18 bits per heavy atom. The minimum Gasteiger partial charge on any atom is -0.496 e. The number of benzene rings is 2. The van der Waals surface area contributed by atoms with Gasteiger partial charge in [-0.25, -0.2) is 4.68 Å². The highest BCUT2D eigenvalue weighted by Gasteiger charge is 2.17. The van der Waals surface area contributed by atoms with E-state index in [0.717, 1.165) is 23.3 Å². The summed E-state index contributed by atoms with van der Waals surface area (Å²) in [6.07, 6.45) is 0.889. The van der Waals surface area contributed by atoms with Crippen LogP contribution in [0.25, 0.3) is 16.7 Å². The number of ether oxygens (including phenoxy) is 1. The predicted molar refractivity (Wildman–Crippen MR) is 134 cm³/mol. The molecule has 4 aromatic rings. The third kappa shape index (κ3) is 4.58. The van der Waals surface area contributed by atoms with Gasteiger partial charge < -0.3 is 4.74 Å². The van der Waals surface area contributed by atoms with Crippen LogP contribution in [0.4, 0.5) is 0 Å². The summed E-state index contributed by atoms with van der Waals surface area (Å²) >= 11 is 5.84. The third-order valence-corrected chi connectivity index (χ3v) is 6.26. The van der Waals surface area contributed by atoms with E-state index in [1.165, 1.54) is 5.56 Å². The number of aromatic nitrogens is 4. The molecule has 0 aliphatic rings. The maximum atomic E-state index is 13.3. The maximum Gasteiger partial charge on any atom is 0.262 e. The van der Waals surface area contributed by atoms with Crippen molar-refractivity contribution in [3.05, 3.63) is 68.7 Å². The SMILES string of the molecule is COc1ccc(C)cc1CN(C)Cn1nc2n(CCC(C)C)c(=O)c3ccccc3n2c1=S. The lowest BCUT2D eigenvalue weighted by atomic mass is 10.1. The van der Waals surface area contributed by atoms with Gasteiger partial charge in [0.1, 0.15) is 5.75 Å². The topological polar surface area (TPSA) is 56.7 Å². The van der Waals surface area contributed by atoms with Crippen molar-refractivity contribution < 1.29 is 4.74 Å². The number of methoxy groups -OCH3 is 1. The molecule has 0 aliphatic heterocycles. The molecule has 0 fully saturated rings. The standard InChI is InChI=1S/C25H31N5O2S/c1-17(2)12-13-28-23(31)20-8-6-7-9-21(20)30-24(28)26-29(25(30)33)16-27(4)15-19-14-18(3)10-11-22(19)32-5/h6-11,14,17H,12-13,15-16H2,1-5H3. The van der Waals surface area contributed by atoms with E-state index in [1.54, 1.807) is 16.4 Å². The lowest BCUT2D eigenvalue weighted by Gasteiger charge is -2.18. The Labute approximate surface area is 198 Å². The first-order valence-corrected chi connectivity index (χ1v) is 11.6. The van der Waals surface area contributed by atoms with Gasteiger partial charge >= 0.3 is 0 Å². The minimum atomic E-state index is -0.0243. The van der Waals surface area contributed by atoms with Gasteiger partial charge in [0.05, 0.1) is 24.7 Å². The summed E-state index contributed by atoms with van der Waals surface area (Å²) in [5, 5.41) is 5.46. The lowest BCUT2D eigenvalue weighted by molar-refractivity contribution is 0.241. The molecule has 0 unspecified atom stereocenters. The van der Waals surface area contributed by atoms with E-state index in [-0.39, 0.29) is 5.56 Å². The Bertz CT molecular complexity index is 1420. The van der Waals surface area contributed by atoms with Crippen molar-refractivity contribution in [2.45, 2.75) is 47.0 Å². The molecule has 2 aromatic heterocycles. The summed E-state index contributed by atoms with van der Waals surface area (Å²) in [6, 6.07) is 13.8. The Hall–Kier alpha value is -2.97. The number of para-hydroxylation sites is 1. The smallest absolute Gasteiger partial charge is 0.262 e. The van der Waals surface area contributed by atoms with Crippen LogP contribution >= 0.6 is 12.2 Å². The fraction of sp³-hybridized carbons (Fsp3) is 0.400. The molecule has 2 heterocycles. The van der Waals surface area contributed by atoms with Crippen molar-refractivity contribution >= 4 is 28.9 Å². The molecule has 0 bridgehead atoms. The van der Waals surface area contributed by atoms with E-state index in [0.29, 0.717) is 41.6 Å². The summed E-state index contributed by atoms with van der Waals surface area (Å²) in [6.45, 7) is 8.16. The van der Waals surface area contributed by atoms with Gasteiger partial charge in [-0.15, -0.1) is 5.10 Å². The van der Waals surface area contributed by atoms with Crippen LogP contribution in [-0.2, 0) is 19.8 Å². The van der Waals surface area contributed by atoms with Crippen molar-refractivity contribution in [1.82, 2.24) is 23.6 Å². The number of rotatable bonds is 8. The molecular weight excluding hydrogens is 434 g/mol.